The molecule has 0 spiro atoms. The molecule has 1 aliphatic heterocycles. The van der Waals surface area contributed by atoms with E-state index >= 15 is 0 Å². The van der Waals surface area contributed by atoms with Crippen LogP contribution in [-0.2, 0) is 4.79 Å². The Balaban J connectivity index is 2.08. The fourth-order valence-corrected chi connectivity index (χ4v) is 2.12. The third kappa shape index (κ3) is 2.06. The van der Waals surface area contributed by atoms with E-state index in [-0.39, 0.29) is 5.12 Å². The molecule has 0 aromatic heterocycles. The van der Waals surface area contributed by atoms with E-state index in [2.05, 4.69) is 10.9 Å². The van der Waals surface area contributed by atoms with Crippen LogP contribution in [0.5, 0.6) is 0 Å². The molecule has 1 aromatic rings. The number of para-hydroxylation sites is 1. The van der Waals surface area contributed by atoms with Gasteiger partial charge >= 0.3 is 0 Å². The summed E-state index contributed by atoms with van der Waals surface area (Å²) in [6, 6.07) is 9.80. The first-order valence-electron chi connectivity index (χ1n) is 4.35. The van der Waals surface area contributed by atoms with Gasteiger partial charge in [0.1, 0.15) is 13.6 Å². The van der Waals surface area contributed by atoms with Crippen molar-refractivity contribution < 1.29 is 8.90 Å². The second-order valence-electron chi connectivity index (χ2n) is 3.20. The molecule has 2 N–H and O–H groups in total. The van der Waals surface area contributed by atoms with Crippen molar-refractivity contribution in [2.75, 3.05) is 19.0 Å². The second kappa shape index (κ2) is 3.61. The highest BCUT2D eigenvalue weighted by Gasteiger charge is 2.36. The van der Waals surface area contributed by atoms with Crippen LogP contribution in [0.15, 0.2) is 30.3 Å². The van der Waals surface area contributed by atoms with E-state index in [0.29, 0.717) is 10.7 Å². The Bertz CT molecular complexity index is 343. The maximum Gasteiger partial charge on any atom is 0.269 e. The molecule has 1 aromatic carbocycles. The normalized spacial score (nSPS) is 26.5. The Hall–Kier alpha value is -1.04. The quantitative estimate of drug-likeness (QED) is 0.567. The Morgan fingerprint density at radius 3 is 2.71 bits per heavy atom. The zero-order valence-corrected chi connectivity index (χ0v) is 8.67. The van der Waals surface area contributed by atoms with E-state index in [1.54, 1.807) is 0 Å². The predicted molar refractivity (Wildman–Crippen MR) is 56.8 cm³/mol. The predicted octanol–water partition coefficient (Wildman–Crippen LogP) is 1.15. The van der Waals surface area contributed by atoms with Crippen LogP contribution in [0.25, 0.3) is 0 Å². The molecular formula is C9H12N3OS+. The van der Waals surface area contributed by atoms with Crippen molar-refractivity contribution in [3.8, 4) is 0 Å². The van der Waals surface area contributed by atoms with Gasteiger partial charge in [-0.05, 0) is 12.1 Å². The van der Waals surface area contributed by atoms with Gasteiger partial charge in [-0.1, -0.05) is 22.3 Å². The monoisotopic (exact) mass is 210 g/mol. The third-order valence-corrected chi connectivity index (χ3v) is 2.86. The summed E-state index contributed by atoms with van der Waals surface area (Å²) in [4.78, 5) is 11.1. The van der Waals surface area contributed by atoms with E-state index in [9.17, 15) is 4.79 Å². The summed E-state index contributed by atoms with van der Waals surface area (Å²) < 4.78 is 0.294. The highest BCUT2D eigenvalue weighted by atomic mass is 32.2. The lowest BCUT2D eigenvalue weighted by molar-refractivity contribution is -0.793. The molecule has 0 saturated carbocycles. The van der Waals surface area contributed by atoms with Gasteiger partial charge in [0.05, 0.1) is 5.69 Å². The first kappa shape index (κ1) is 9.51. The topological polar surface area (TPSA) is 41.1 Å². The van der Waals surface area contributed by atoms with Crippen molar-refractivity contribution in [1.29, 1.82) is 0 Å². The number of quaternary nitrogens is 1. The van der Waals surface area contributed by atoms with Gasteiger partial charge in [0.15, 0.2) is 0 Å². The minimum absolute atomic E-state index is 0.149. The van der Waals surface area contributed by atoms with Crippen LogP contribution in [-0.4, -0.2) is 22.8 Å². The number of rotatable bonds is 2. The van der Waals surface area contributed by atoms with Crippen molar-refractivity contribution in [1.82, 2.24) is 5.43 Å². The highest BCUT2D eigenvalue weighted by Crippen LogP contribution is 2.24. The van der Waals surface area contributed by atoms with Gasteiger partial charge in [-0.3, -0.25) is 4.79 Å². The molecule has 4 nitrogen and oxygen atoms in total. The molecule has 0 radical (unpaired) electrons. The van der Waals surface area contributed by atoms with Crippen molar-refractivity contribution in [2.45, 2.75) is 0 Å². The molecule has 1 aliphatic rings. The summed E-state index contributed by atoms with van der Waals surface area (Å²) in [5.74, 6) is 0. The summed E-state index contributed by atoms with van der Waals surface area (Å²) in [6.45, 7) is 0.404. The van der Waals surface area contributed by atoms with Crippen molar-refractivity contribution >= 4 is 22.8 Å². The first-order valence-corrected chi connectivity index (χ1v) is 5.13. The molecular weight excluding hydrogens is 198 g/mol. The lowest BCUT2D eigenvalue weighted by Crippen LogP contribution is -2.49. The number of nitrogens with one attached hydrogen (secondary N) is 2. The third-order valence-electron chi connectivity index (χ3n) is 1.93. The minimum atomic E-state index is 0.149. The smallest absolute Gasteiger partial charge is 0.269 e. The maximum absolute atomic E-state index is 11.1. The average Bonchev–Trinajstić information content (AvgIpc) is 2.47. The van der Waals surface area contributed by atoms with E-state index in [1.165, 1.54) is 11.9 Å². The van der Waals surface area contributed by atoms with E-state index in [0.717, 1.165) is 5.69 Å². The summed E-state index contributed by atoms with van der Waals surface area (Å²) in [5.41, 5.74) is 7.28. The van der Waals surface area contributed by atoms with Gasteiger partial charge < -0.3 is 0 Å². The Morgan fingerprint density at radius 1 is 1.43 bits per heavy atom. The van der Waals surface area contributed by atoms with E-state index in [1.807, 2.05) is 37.4 Å². The molecule has 0 bridgehead atoms. The molecule has 74 valence electrons. The van der Waals surface area contributed by atoms with Crippen LogP contribution in [0, 0.1) is 0 Å². The lowest BCUT2D eigenvalue weighted by atomic mass is 10.3. The Kier molecular flexibility index (Phi) is 2.45. The van der Waals surface area contributed by atoms with Crippen LogP contribution >= 0.6 is 11.9 Å². The van der Waals surface area contributed by atoms with Crippen LogP contribution in [0.1, 0.15) is 0 Å². The van der Waals surface area contributed by atoms with Crippen molar-refractivity contribution in [2.24, 2.45) is 0 Å². The van der Waals surface area contributed by atoms with Crippen LogP contribution in [0.3, 0.4) is 0 Å². The van der Waals surface area contributed by atoms with Gasteiger partial charge in [-0.2, -0.15) is 0 Å². The van der Waals surface area contributed by atoms with Gasteiger partial charge in [-0.25, -0.2) is 5.43 Å². The number of benzene rings is 1. The number of carbonyl (C=O) groups excluding carboxylic acids is 1. The fraction of sp³-hybridized carbons (Fsp3) is 0.222. The zero-order valence-electron chi connectivity index (χ0n) is 7.86. The lowest BCUT2D eigenvalue weighted by Gasteiger charge is -2.24. The summed E-state index contributed by atoms with van der Waals surface area (Å²) in [7, 11) is 1.91. The van der Waals surface area contributed by atoms with Crippen LogP contribution in [0.4, 0.5) is 5.69 Å². The Morgan fingerprint density at radius 2 is 2.14 bits per heavy atom. The molecule has 1 fully saturated rings. The molecule has 2 rings (SSSR count). The van der Waals surface area contributed by atoms with E-state index in [4.69, 9.17) is 0 Å². The molecule has 14 heavy (non-hydrogen) atoms. The molecule has 1 saturated heterocycles. The summed E-state index contributed by atoms with van der Waals surface area (Å²) in [5, 5.41) is 0.149. The average molecular weight is 210 g/mol. The second-order valence-corrected chi connectivity index (χ2v) is 4.57. The standard InChI is InChI=1S/C9H12N3OS/c1-12(10-7-9(13)14-12)11-8-5-3-2-4-6-8/h2-6,10-11H,7H2,1H3/q+1. The highest BCUT2D eigenvalue weighted by molar-refractivity contribution is 8.09. The summed E-state index contributed by atoms with van der Waals surface area (Å²) in [6.07, 6.45) is 0. The number of carbonyl (C=O) groups is 1. The van der Waals surface area contributed by atoms with Crippen molar-refractivity contribution in [3.63, 3.8) is 0 Å². The molecule has 5 heteroatoms. The molecule has 0 aliphatic carbocycles. The molecule has 0 amide bonds. The van der Waals surface area contributed by atoms with Gasteiger partial charge in [0.2, 0.25) is 11.9 Å². The number of hydrogen-bond donors (Lipinski definition) is 2. The van der Waals surface area contributed by atoms with Crippen molar-refractivity contribution in [3.05, 3.63) is 30.3 Å². The minimum Gasteiger partial charge on any atom is -0.279 e. The SMILES string of the molecule is C[N+]1(Nc2ccccc2)NCC(=O)S1. The fourth-order valence-electron chi connectivity index (χ4n) is 1.30. The van der Waals surface area contributed by atoms with Crippen LogP contribution < -0.4 is 10.9 Å². The van der Waals surface area contributed by atoms with Gasteiger partial charge in [0.25, 0.3) is 5.12 Å². The van der Waals surface area contributed by atoms with E-state index < -0.39 is 0 Å². The van der Waals surface area contributed by atoms with Crippen LogP contribution in [0.2, 0.25) is 0 Å². The molecule has 1 unspecified atom stereocenters. The molecule has 1 heterocycles. The summed E-state index contributed by atoms with van der Waals surface area (Å²) >= 11 is 1.24. The number of hydrogen-bond acceptors (Lipinski definition) is 4. The van der Waals surface area contributed by atoms with Gasteiger partial charge in [0, 0.05) is 0 Å². The number of nitrogens with zero attached hydrogens (tertiary/aromatic N) is 1. The van der Waals surface area contributed by atoms with Gasteiger partial charge in [-0.15, -0.1) is 5.43 Å². The maximum atomic E-state index is 11.1. The largest absolute Gasteiger partial charge is 0.279 e. The molecule has 1 atom stereocenters. The number of anilines is 1. The zero-order chi connectivity index (χ0) is 10.0. The Labute approximate surface area is 87.0 Å². The first-order chi connectivity index (χ1) is 6.68.